The third kappa shape index (κ3) is 3.34. The number of furan rings is 1. The zero-order valence-electron chi connectivity index (χ0n) is 13.7. The van der Waals surface area contributed by atoms with Crippen molar-refractivity contribution in [1.82, 2.24) is 19.7 Å². The van der Waals surface area contributed by atoms with Crippen LogP contribution in [-0.2, 0) is 24.2 Å². The Labute approximate surface area is 152 Å². The second-order valence-corrected chi connectivity index (χ2v) is 7.63. The van der Waals surface area contributed by atoms with E-state index in [1.54, 1.807) is 17.6 Å². The third-order valence-corrected chi connectivity index (χ3v) is 5.99. The minimum absolute atomic E-state index is 0.0809. The van der Waals surface area contributed by atoms with E-state index >= 15 is 0 Å². The molecule has 9 heteroatoms. The number of thioether (sulfide) groups is 1. The molecular formula is C16H17N5O2S2. The molecule has 0 radical (unpaired) electrons. The predicted octanol–water partition coefficient (Wildman–Crippen LogP) is 3.23. The summed E-state index contributed by atoms with van der Waals surface area (Å²) in [7, 11) is 0. The lowest BCUT2D eigenvalue weighted by Crippen LogP contribution is -2.14. The van der Waals surface area contributed by atoms with Crippen LogP contribution in [0.15, 0.2) is 28.0 Å². The molecule has 0 saturated heterocycles. The van der Waals surface area contributed by atoms with Crippen molar-refractivity contribution in [3.05, 3.63) is 29.0 Å². The summed E-state index contributed by atoms with van der Waals surface area (Å²) in [5.74, 6) is 1.53. The average molecular weight is 375 g/mol. The number of amides is 1. The van der Waals surface area contributed by atoms with Gasteiger partial charge in [0.15, 0.2) is 21.9 Å². The molecule has 0 aromatic carbocycles. The van der Waals surface area contributed by atoms with Gasteiger partial charge in [-0.25, -0.2) is 4.98 Å². The van der Waals surface area contributed by atoms with E-state index in [1.807, 2.05) is 23.6 Å². The molecule has 1 amide bonds. The number of carbonyl (C=O) groups excluding carboxylic acids is 1. The van der Waals surface area contributed by atoms with Crippen molar-refractivity contribution in [3.63, 3.8) is 0 Å². The number of carbonyl (C=O) groups is 1. The molecule has 7 nitrogen and oxygen atoms in total. The standard InChI is InChI=1S/C16H17N5O2S2/c1-2-21-14(11-6-4-8-23-11)19-20-16(21)24-9-13(22)18-15-17-10-5-3-7-12(10)25-15/h4,6,8H,2-3,5,7,9H2,1H3,(H,17,18,22). The van der Waals surface area contributed by atoms with E-state index < -0.39 is 0 Å². The molecule has 3 heterocycles. The van der Waals surface area contributed by atoms with Crippen molar-refractivity contribution in [3.8, 4) is 11.6 Å². The first-order chi connectivity index (χ1) is 12.2. The van der Waals surface area contributed by atoms with Gasteiger partial charge < -0.3 is 9.73 Å². The molecule has 3 aromatic rings. The van der Waals surface area contributed by atoms with Crippen molar-refractivity contribution < 1.29 is 9.21 Å². The number of nitrogens with zero attached hydrogens (tertiary/aromatic N) is 4. The maximum Gasteiger partial charge on any atom is 0.236 e. The molecule has 0 aliphatic heterocycles. The van der Waals surface area contributed by atoms with E-state index in [4.69, 9.17) is 4.42 Å². The fraction of sp³-hybridized carbons (Fsp3) is 0.375. The van der Waals surface area contributed by atoms with Gasteiger partial charge in [0, 0.05) is 11.4 Å². The van der Waals surface area contributed by atoms with Crippen LogP contribution < -0.4 is 5.32 Å². The van der Waals surface area contributed by atoms with Crippen molar-refractivity contribution in [2.24, 2.45) is 0 Å². The normalized spacial score (nSPS) is 13.2. The molecule has 0 spiro atoms. The van der Waals surface area contributed by atoms with Crippen LogP contribution >= 0.6 is 23.1 Å². The van der Waals surface area contributed by atoms with Gasteiger partial charge in [-0.15, -0.1) is 21.5 Å². The van der Waals surface area contributed by atoms with Gasteiger partial charge in [-0.3, -0.25) is 9.36 Å². The van der Waals surface area contributed by atoms with Crippen LogP contribution in [0, 0.1) is 0 Å². The second kappa shape index (κ2) is 7.01. The lowest BCUT2D eigenvalue weighted by molar-refractivity contribution is -0.113. The van der Waals surface area contributed by atoms with E-state index in [2.05, 4.69) is 20.5 Å². The van der Waals surface area contributed by atoms with E-state index in [9.17, 15) is 4.79 Å². The zero-order valence-corrected chi connectivity index (χ0v) is 15.3. The SMILES string of the molecule is CCn1c(SCC(=O)Nc2nc3c(s2)CCC3)nnc1-c1ccco1. The number of hydrogen-bond donors (Lipinski definition) is 1. The van der Waals surface area contributed by atoms with Crippen LogP contribution in [0.1, 0.15) is 23.9 Å². The molecule has 0 atom stereocenters. The van der Waals surface area contributed by atoms with Gasteiger partial charge in [-0.1, -0.05) is 11.8 Å². The number of nitrogens with one attached hydrogen (secondary N) is 1. The highest BCUT2D eigenvalue weighted by Gasteiger charge is 2.19. The van der Waals surface area contributed by atoms with Gasteiger partial charge in [0.1, 0.15) is 0 Å². The predicted molar refractivity (Wildman–Crippen MR) is 96.9 cm³/mol. The Kier molecular flexibility index (Phi) is 4.58. The topological polar surface area (TPSA) is 85.8 Å². The van der Waals surface area contributed by atoms with Crippen LogP contribution in [0.25, 0.3) is 11.6 Å². The van der Waals surface area contributed by atoms with Crippen LogP contribution in [0.2, 0.25) is 0 Å². The first kappa shape index (κ1) is 16.3. The van der Waals surface area contributed by atoms with E-state index in [0.717, 1.165) is 18.5 Å². The number of thiazole rings is 1. The summed E-state index contributed by atoms with van der Waals surface area (Å²) in [5, 5.41) is 12.6. The van der Waals surface area contributed by atoms with Crippen LogP contribution in [-0.4, -0.2) is 31.4 Å². The zero-order chi connectivity index (χ0) is 17.2. The molecule has 1 aliphatic rings. The Balaban J connectivity index is 1.40. The van der Waals surface area contributed by atoms with Gasteiger partial charge in [-0.2, -0.15) is 0 Å². The first-order valence-corrected chi connectivity index (χ1v) is 9.93. The summed E-state index contributed by atoms with van der Waals surface area (Å²) in [5.41, 5.74) is 1.14. The number of fused-ring (bicyclic) bond motifs is 1. The number of anilines is 1. The lowest BCUT2D eigenvalue weighted by atomic mass is 10.4. The monoisotopic (exact) mass is 375 g/mol. The van der Waals surface area contributed by atoms with Crippen molar-refractivity contribution in [2.75, 3.05) is 11.1 Å². The molecule has 0 saturated carbocycles. The Morgan fingerprint density at radius 2 is 2.36 bits per heavy atom. The van der Waals surface area contributed by atoms with E-state index in [0.29, 0.717) is 28.4 Å². The lowest BCUT2D eigenvalue weighted by Gasteiger charge is -2.05. The summed E-state index contributed by atoms with van der Waals surface area (Å²) in [4.78, 5) is 18.0. The fourth-order valence-corrected chi connectivity index (χ4v) is 4.67. The quantitative estimate of drug-likeness (QED) is 0.666. The number of aryl methyl sites for hydroxylation is 2. The van der Waals surface area contributed by atoms with Crippen molar-refractivity contribution in [2.45, 2.75) is 37.9 Å². The third-order valence-electron chi connectivity index (χ3n) is 3.95. The van der Waals surface area contributed by atoms with Crippen molar-refractivity contribution >= 4 is 34.1 Å². The summed E-state index contributed by atoms with van der Waals surface area (Å²) in [6, 6.07) is 3.66. The second-order valence-electron chi connectivity index (χ2n) is 5.61. The van der Waals surface area contributed by atoms with Crippen LogP contribution in [0.5, 0.6) is 0 Å². The molecule has 130 valence electrons. The van der Waals surface area contributed by atoms with Gasteiger partial charge in [-0.05, 0) is 38.3 Å². The molecular weight excluding hydrogens is 358 g/mol. The first-order valence-electron chi connectivity index (χ1n) is 8.13. The Hall–Kier alpha value is -2.13. The maximum atomic E-state index is 12.2. The Bertz CT molecular complexity index is 863. The molecule has 0 unspecified atom stereocenters. The van der Waals surface area contributed by atoms with Gasteiger partial charge >= 0.3 is 0 Å². The Morgan fingerprint density at radius 1 is 1.44 bits per heavy atom. The smallest absolute Gasteiger partial charge is 0.236 e. The van der Waals surface area contributed by atoms with Gasteiger partial charge in [0.2, 0.25) is 5.91 Å². The molecule has 0 bridgehead atoms. The highest BCUT2D eigenvalue weighted by molar-refractivity contribution is 7.99. The largest absolute Gasteiger partial charge is 0.461 e. The number of rotatable bonds is 6. The highest BCUT2D eigenvalue weighted by Crippen LogP contribution is 2.30. The average Bonchev–Trinajstić information content (AvgIpc) is 3.35. The summed E-state index contributed by atoms with van der Waals surface area (Å²) < 4.78 is 7.33. The van der Waals surface area contributed by atoms with Crippen LogP contribution in [0.3, 0.4) is 0 Å². The molecule has 4 rings (SSSR count). The van der Waals surface area contributed by atoms with Gasteiger partial charge in [0.25, 0.3) is 0 Å². The fourth-order valence-electron chi connectivity index (χ4n) is 2.80. The van der Waals surface area contributed by atoms with Crippen LogP contribution in [0.4, 0.5) is 5.13 Å². The number of hydrogen-bond acceptors (Lipinski definition) is 7. The van der Waals surface area contributed by atoms with E-state index in [1.165, 1.54) is 23.1 Å². The Morgan fingerprint density at radius 3 is 3.12 bits per heavy atom. The minimum Gasteiger partial charge on any atom is -0.461 e. The van der Waals surface area contributed by atoms with Gasteiger partial charge in [0.05, 0.1) is 17.7 Å². The summed E-state index contributed by atoms with van der Waals surface area (Å²) in [6.07, 6.45) is 4.87. The molecule has 1 N–H and O–H groups in total. The molecule has 3 aromatic heterocycles. The minimum atomic E-state index is -0.0809. The summed E-state index contributed by atoms with van der Waals surface area (Å²) in [6.45, 7) is 2.71. The molecule has 1 aliphatic carbocycles. The molecule has 0 fully saturated rings. The van der Waals surface area contributed by atoms with Crippen molar-refractivity contribution in [1.29, 1.82) is 0 Å². The maximum absolute atomic E-state index is 12.2. The highest BCUT2D eigenvalue weighted by atomic mass is 32.2. The molecule has 25 heavy (non-hydrogen) atoms. The number of aromatic nitrogens is 4. The summed E-state index contributed by atoms with van der Waals surface area (Å²) >= 11 is 2.94. The van der Waals surface area contributed by atoms with E-state index in [-0.39, 0.29) is 11.7 Å².